The van der Waals surface area contributed by atoms with Crippen molar-refractivity contribution in [3.63, 3.8) is 0 Å². The van der Waals surface area contributed by atoms with Crippen LogP contribution in [0.15, 0.2) is 59.6 Å². The lowest BCUT2D eigenvalue weighted by Gasteiger charge is -2.52. The SMILES string of the molecule is CNC1CCCCC1.COc1ccc(C#N)c(Cl)c1.Cc1sc2c(c1C)C(c1ccc(OC3CC4(CCN(C(=N)/C=C\C(=N)C=O)CC4)C3)cc1)=NCc1nnc(C)n1-2. The third-order valence-electron chi connectivity index (χ3n) is 11.9. The Hall–Kier alpha value is -5.16. The summed E-state index contributed by atoms with van der Waals surface area (Å²) in [4.78, 5) is 18.9. The smallest absolute Gasteiger partial charge is 0.167 e. The van der Waals surface area contributed by atoms with E-state index in [0.717, 1.165) is 84.1 Å². The molecule has 0 atom stereocenters. The van der Waals surface area contributed by atoms with Crippen molar-refractivity contribution in [1.82, 2.24) is 25.0 Å². The molecule has 3 fully saturated rings. The van der Waals surface area contributed by atoms with Gasteiger partial charge in [-0.25, -0.2) is 0 Å². The number of amidine groups is 1. The van der Waals surface area contributed by atoms with Gasteiger partial charge in [-0.3, -0.25) is 25.2 Å². The van der Waals surface area contributed by atoms with Crippen molar-refractivity contribution in [3.8, 4) is 22.6 Å². The van der Waals surface area contributed by atoms with Crippen LogP contribution in [0.4, 0.5) is 0 Å². The predicted octanol–water partition coefficient (Wildman–Crippen LogP) is 8.74. The van der Waals surface area contributed by atoms with E-state index in [0.29, 0.717) is 35.0 Å². The zero-order valence-electron chi connectivity index (χ0n) is 34.6. The number of ether oxygens (including phenoxy) is 2. The number of allylic oxidation sites excluding steroid dienone is 1. The molecule has 3 N–H and O–H groups in total. The van der Waals surface area contributed by atoms with E-state index in [1.54, 1.807) is 42.7 Å². The minimum atomic E-state index is -0.116. The van der Waals surface area contributed by atoms with E-state index in [1.165, 1.54) is 48.6 Å². The number of aromatic nitrogens is 3. The molecule has 4 aliphatic rings. The van der Waals surface area contributed by atoms with Crippen molar-refractivity contribution in [2.45, 2.75) is 97.2 Å². The predicted molar refractivity (Wildman–Crippen MR) is 235 cm³/mol. The number of piperidine rings is 1. The van der Waals surface area contributed by atoms with Crippen LogP contribution >= 0.6 is 22.9 Å². The van der Waals surface area contributed by atoms with E-state index in [1.807, 2.05) is 17.9 Å². The molecule has 2 aliphatic carbocycles. The second-order valence-electron chi connectivity index (χ2n) is 15.7. The molecule has 12 nitrogen and oxygen atoms in total. The summed E-state index contributed by atoms with van der Waals surface area (Å²) in [5.41, 5.74) is 5.11. The van der Waals surface area contributed by atoms with Crippen LogP contribution in [0.25, 0.3) is 5.00 Å². The molecule has 0 radical (unpaired) electrons. The summed E-state index contributed by atoms with van der Waals surface area (Å²) in [6.45, 7) is 8.44. The van der Waals surface area contributed by atoms with Crippen molar-refractivity contribution in [2.24, 2.45) is 10.4 Å². The van der Waals surface area contributed by atoms with E-state index in [4.69, 9.17) is 42.1 Å². The number of aliphatic imine (C=N–C) groups is 1. The summed E-state index contributed by atoms with van der Waals surface area (Å²) in [6, 6.07) is 16.1. The van der Waals surface area contributed by atoms with Gasteiger partial charge in [0.05, 0.1) is 35.2 Å². The lowest BCUT2D eigenvalue weighted by molar-refractivity contribution is -0.102. The van der Waals surface area contributed by atoms with Crippen LogP contribution in [0.1, 0.15) is 96.6 Å². The molecular formula is C45H54ClN9O3S. The van der Waals surface area contributed by atoms with Crippen LogP contribution in [-0.4, -0.2) is 82.6 Å². The number of nitriles is 1. The molecule has 59 heavy (non-hydrogen) atoms. The Morgan fingerprint density at radius 3 is 2.32 bits per heavy atom. The maximum Gasteiger partial charge on any atom is 0.167 e. The van der Waals surface area contributed by atoms with Gasteiger partial charge in [-0.15, -0.1) is 21.5 Å². The van der Waals surface area contributed by atoms with Gasteiger partial charge in [0.15, 0.2) is 12.1 Å². The van der Waals surface area contributed by atoms with Gasteiger partial charge in [0.1, 0.15) is 40.8 Å². The highest BCUT2D eigenvalue weighted by molar-refractivity contribution is 7.15. The number of likely N-dealkylation sites (tertiary alicyclic amines) is 1. The maximum absolute atomic E-state index is 10.6. The lowest BCUT2D eigenvalue weighted by Crippen LogP contribution is -2.51. The van der Waals surface area contributed by atoms with Gasteiger partial charge in [0.2, 0.25) is 0 Å². The Kier molecular flexibility index (Phi) is 14.5. The van der Waals surface area contributed by atoms with E-state index in [9.17, 15) is 4.79 Å². The van der Waals surface area contributed by atoms with Crippen LogP contribution < -0.4 is 14.8 Å². The van der Waals surface area contributed by atoms with Gasteiger partial charge in [-0.2, -0.15) is 5.26 Å². The highest BCUT2D eigenvalue weighted by atomic mass is 35.5. The van der Waals surface area contributed by atoms with Gasteiger partial charge in [0.25, 0.3) is 0 Å². The molecule has 1 spiro atoms. The maximum atomic E-state index is 10.6. The number of carbonyl (C=O) groups is 1. The fourth-order valence-corrected chi connectivity index (χ4v) is 9.64. The summed E-state index contributed by atoms with van der Waals surface area (Å²) in [7, 11) is 3.62. The normalized spacial score (nSPS) is 17.1. The van der Waals surface area contributed by atoms with Crippen molar-refractivity contribution in [3.05, 3.63) is 98.4 Å². The van der Waals surface area contributed by atoms with Gasteiger partial charge in [-0.1, -0.05) is 30.9 Å². The highest BCUT2D eigenvalue weighted by Crippen LogP contribution is 2.50. The summed E-state index contributed by atoms with van der Waals surface area (Å²) >= 11 is 7.47. The number of nitrogens with zero attached hydrogens (tertiary/aromatic N) is 6. The number of thiophene rings is 1. The minimum absolute atomic E-state index is 0.116. The number of benzene rings is 2. The lowest BCUT2D eigenvalue weighted by atomic mass is 9.61. The van der Waals surface area contributed by atoms with E-state index < -0.39 is 0 Å². The minimum Gasteiger partial charge on any atom is -0.497 e. The summed E-state index contributed by atoms with van der Waals surface area (Å²) in [6.07, 6.45) is 14.9. The highest BCUT2D eigenvalue weighted by Gasteiger charge is 2.47. The molecule has 2 saturated carbocycles. The zero-order valence-corrected chi connectivity index (χ0v) is 36.2. The second-order valence-corrected chi connectivity index (χ2v) is 17.3. The molecule has 4 heterocycles. The molecule has 2 aliphatic heterocycles. The third kappa shape index (κ3) is 10.4. The van der Waals surface area contributed by atoms with Crippen LogP contribution in [-0.2, 0) is 11.3 Å². The van der Waals surface area contributed by atoms with Gasteiger partial charge in [0, 0.05) is 41.2 Å². The molecule has 0 amide bonds. The first-order valence-corrected chi connectivity index (χ1v) is 21.5. The van der Waals surface area contributed by atoms with Crippen LogP contribution in [0.5, 0.6) is 11.5 Å². The molecule has 0 unspecified atom stereocenters. The molecule has 1 saturated heterocycles. The Labute approximate surface area is 356 Å². The van der Waals surface area contributed by atoms with Crippen LogP contribution in [0, 0.1) is 48.3 Å². The van der Waals surface area contributed by atoms with Crippen molar-refractivity contribution in [2.75, 3.05) is 27.2 Å². The Morgan fingerprint density at radius 2 is 1.71 bits per heavy atom. The average Bonchev–Trinajstić information content (AvgIpc) is 3.70. The molecule has 310 valence electrons. The Balaban J connectivity index is 0.000000252. The molecular weight excluding hydrogens is 782 g/mol. The first-order valence-electron chi connectivity index (χ1n) is 20.3. The fraction of sp³-hybridized carbons (Fsp3) is 0.444. The van der Waals surface area contributed by atoms with E-state index >= 15 is 0 Å². The van der Waals surface area contributed by atoms with Crippen LogP contribution in [0.2, 0.25) is 5.02 Å². The molecule has 2 aromatic heterocycles. The molecule has 8 rings (SSSR count). The Bertz CT molecular complexity index is 2230. The van der Waals surface area contributed by atoms with Crippen LogP contribution in [0.3, 0.4) is 0 Å². The van der Waals surface area contributed by atoms with Crippen molar-refractivity contribution >= 4 is 46.5 Å². The quantitative estimate of drug-likeness (QED) is 0.0901. The zero-order chi connectivity index (χ0) is 42.1. The van der Waals surface area contributed by atoms with Gasteiger partial charge < -0.3 is 19.7 Å². The number of hydrogen-bond acceptors (Lipinski definition) is 11. The number of rotatable bonds is 8. The fourth-order valence-electron chi connectivity index (χ4n) is 8.20. The van der Waals surface area contributed by atoms with Crippen molar-refractivity contribution in [1.29, 1.82) is 16.1 Å². The number of fused-ring (bicyclic) bond motifs is 3. The Morgan fingerprint density at radius 1 is 1.02 bits per heavy atom. The number of halogens is 1. The largest absolute Gasteiger partial charge is 0.497 e. The van der Waals surface area contributed by atoms with E-state index in [2.05, 4.69) is 65.2 Å². The number of methoxy groups -OCH3 is 1. The summed E-state index contributed by atoms with van der Waals surface area (Å²) < 4.78 is 13.4. The molecule has 0 bridgehead atoms. The number of hydrogen-bond donors (Lipinski definition) is 3. The van der Waals surface area contributed by atoms with E-state index in [-0.39, 0.29) is 17.2 Å². The van der Waals surface area contributed by atoms with Crippen molar-refractivity contribution < 1.29 is 14.3 Å². The van der Waals surface area contributed by atoms with Gasteiger partial charge >= 0.3 is 0 Å². The summed E-state index contributed by atoms with van der Waals surface area (Å²) in [5.74, 6) is 3.66. The number of aryl methyl sites for hydroxylation is 2. The molecule has 4 aromatic rings. The monoisotopic (exact) mass is 835 g/mol. The number of carbonyl (C=O) groups excluding carboxylic acids is 1. The number of nitrogens with one attached hydrogen (secondary N) is 3. The molecule has 14 heteroatoms. The standard InChI is InChI=1S/C30H33N7O2S.C8H6ClNO.C7H15N/c1-18-19(2)40-29-27(18)28(33-16-26-35-34-20(3)37(26)29)21-4-7-23(8-5-21)39-24-14-30(15-24)10-12-36(13-11-30)25(32)9-6-22(31)17-38;1-11-7-3-2-6(5-10)8(9)4-7;1-8-7-5-3-2-4-6-7/h4-9,17,24,31-32H,10-16H2,1-3H3;2-4H,1H3;7-8H,2-6H2,1H3/b9-6-,31-22?,32-25?;;. The second kappa shape index (κ2) is 19.7. The molecule has 2 aromatic carbocycles. The topological polar surface area (TPSA) is 165 Å². The average molecular weight is 837 g/mol. The first kappa shape index (κ1) is 43.4. The first-order chi connectivity index (χ1) is 28.5. The van der Waals surface area contributed by atoms with Gasteiger partial charge in [-0.05, 0) is 126 Å². The third-order valence-corrected chi connectivity index (χ3v) is 13.4. The summed E-state index contributed by atoms with van der Waals surface area (Å²) in [5, 5.41) is 37.7. The number of aldehydes is 1.